The predicted molar refractivity (Wildman–Crippen MR) is 61.1 cm³/mol. The molecular formula is C12H17F2NO2. The van der Waals surface area contributed by atoms with E-state index in [-0.39, 0.29) is 18.2 Å². The fourth-order valence-electron chi connectivity index (χ4n) is 1.50. The molecule has 0 amide bonds. The Morgan fingerprint density at radius 1 is 1.24 bits per heavy atom. The number of halogens is 2. The number of alkyl halides is 2. The van der Waals surface area contributed by atoms with Crippen molar-refractivity contribution in [3.8, 4) is 0 Å². The number of methoxy groups -OCH3 is 1. The van der Waals surface area contributed by atoms with E-state index in [0.29, 0.717) is 13.2 Å². The molecule has 0 radical (unpaired) electrons. The number of aliphatic hydroxyl groups excluding tert-OH is 1. The predicted octanol–water partition coefficient (Wildman–Crippen LogP) is 1.89. The topological polar surface area (TPSA) is 41.5 Å². The highest BCUT2D eigenvalue weighted by Gasteiger charge is 2.11. The van der Waals surface area contributed by atoms with Crippen molar-refractivity contribution in [1.29, 1.82) is 0 Å². The number of hydrogen-bond donors (Lipinski definition) is 2. The van der Waals surface area contributed by atoms with Gasteiger partial charge in [0, 0.05) is 19.2 Å². The molecule has 17 heavy (non-hydrogen) atoms. The normalized spacial score (nSPS) is 13.0. The Kier molecular flexibility index (Phi) is 6.04. The van der Waals surface area contributed by atoms with Gasteiger partial charge in [-0.1, -0.05) is 24.3 Å². The van der Waals surface area contributed by atoms with Gasteiger partial charge in [-0.05, 0) is 5.56 Å². The molecule has 96 valence electrons. The van der Waals surface area contributed by atoms with E-state index in [1.807, 2.05) is 0 Å². The van der Waals surface area contributed by atoms with Crippen LogP contribution in [0.25, 0.3) is 0 Å². The van der Waals surface area contributed by atoms with Crippen molar-refractivity contribution in [2.75, 3.05) is 26.9 Å². The van der Waals surface area contributed by atoms with Gasteiger partial charge in [-0.3, -0.25) is 0 Å². The molecule has 0 aromatic heterocycles. The molecule has 0 heterocycles. The van der Waals surface area contributed by atoms with E-state index in [1.54, 1.807) is 19.2 Å². The van der Waals surface area contributed by atoms with Gasteiger partial charge in [0.15, 0.2) is 0 Å². The second-order valence-corrected chi connectivity index (χ2v) is 3.65. The molecule has 0 aliphatic heterocycles. The summed E-state index contributed by atoms with van der Waals surface area (Å²) in [5.41, 5.74) is 0.773. The highest BCUT2D eigenvalue weighted by Crippen LogP contribution is 2.21. The lowest BCUT2D eigenvalue weighted by Gasteiger charge is -2.16. The molecule has 0 spiro atoms. The Morgan fingerprint density at radius 3 is 2.29 bits per heavy atom. The van der Waals surface area contributed by atoms with Crippen molar-refractivity contribution < 1.29 is 18.6 Å². The van der Waals surface area contributed by atoms with E-state index in [9.17, 15) is 13.9 Å². The van der Waals surface area contributed by atoms with Gasteiger partial charge >= 0.3 is 0 Å². The zero-order valence-corrected chi connectivity index (χ0v) is 9.70. The number of ether oxygens (including phenoxy) is 1. The Balaban J connectivity index is 2.62. The first-order chi connectivity index (χ1) is 8.19. The summed E-state index contributed by atoms with van der Waals surface area (Å²) in [5.74, 6) is 0. The highest BCUT2D eigenvalue weighted by molar-refractivity contribution is 5.25. The summed E-state index contributed by atoms with van der Waals surface area (Å²) in [7, 11) is 1.59. The molecule has 1 atom stereocenters. The molecule has 5 heteroatoms. The van der Waals surface area contributed by atoms with E-state index < -0.39 is 6.43 Å². The largest absolute Gasteiger partial charge is 0.394 e. The lowest BCUT2D eigenvalue weighted by atomic mass is 10.1. The number of aliphatic hydroxyl groups is 1. The average molecular weight is 245 g/mol. The van der Waals surface area contributed by atoms with E-state index in [2.05, 4.69) is 5.32 Å². The quantitative estimate of drug-likeness (QED) is 0.721. The minimum atomic E-state index is -2.46. The zero-order valence-electron chi connectivity index (χ0n) is 9.70. The maximum Gasteiger partial charge on any atom is 0.263 e. The van der Waals surface area contributed by atoms with Crippen LogP contribution in [0.15, 0.2) is 24.3 Å². The second kappa shape index (κ2) is 7.32. The Labute approximate surface area is 99.4 Å². The molecule has 0 aliphatic carbocycles. The van der Waals surface area contributed by atoms with Gasteiger partial charge in [-0.15, -0.1) is 0 Å². The summed E-state index contributed by atoms with van der Waals surface area (Å²) >= 11 is 0. The maximum absolute atomic E-state index is 12.3. The lowest BCUT2D eigenvalue weighted by molar-refractivity contribution is 0.151. The zero-order chi connectivity index (χ0) is 12.7. The number of hydrogen-bond acceptors (Lipinski definition) is 3. The highest BCUT2D eigenvalue weighted by atomic mass is 19.3. The summed E-state index contributed by atoms with van der Waals surface area (Å²) in [5, 5.41) is 12.3. The van der Waals surface area contributed by atoms with Crippen LogP contribution in [0.4, 0.5) is 8.78 Å². The van der Waals surface area contributed by atoms with Crippen LogP contribution in [0, 0.1) is 0 Å². The summed E-state index contributed by atoms with van der Waals surface area (Å²) in [4.78, 5) is 0. The Morgan fingerprint density at radius 2 is 1.82 bits per heavy atom. The Bertz CT molecular complexity index is 317. The molecule has 0 saturated carbocycles. The van der Waals surface area contributed by atoms with Crippen molar-refractivity contribution in [2.24, 2.45) is 0 Å². The molecule has 1 unspecified atom stereocenters. The monoisotopic (exact) mass is 245 g/mol. The molecule has 0 fully saturated rings. The summed E-state index contributed by atoms with van der Waals surface area (Å²) in [6, 6.07) is 5.70. The minimum absolute atomic E-state index is 0.0117. The van der Waals surface area contributed by atoms with E-state index in [0.717, 1.165) is 5.56 Å². The van der Waals surface area contributed by atoms with Crippen molar-refractivity contribution in [2.45, 2.75) is 12.5 Å². The van der Waals surface area contributed by atoms with Crippen LogP contribution in [0.3, 0.4) is 0 Å². The van der Waals surface area contributed by atoms with Crippen LogP contribution < -0.4 is 5.32 Å². The SMILES string of the molecule is COCCNC(CO)c1ccc(C(F)F)cc1. The van der Waals surface area contributed by atoms with Crippen molar-refractivity contribution >= 4 is 0 Å². The molecule has 1 rings (SSSR count). The molecule has 3 nitrogen and oxygen atoms in total. The maximum atomic E-state index is 12.3. The molecule has 0 bridgehead atoms. The van der Waals surface area contributed by atoms with Crippen molar-refractivity contribution in [1.82, 2.24) is 5.32 Å². The van der Waals surface area contributed by atoms with E-state index in [4.69, 9.17) is 4.74 Å². The minimum Gasteiger partial charge on any atom is -0.394 e. The number of rotatable bonds is 7. The fraction of sp³-hybridized carbons (Fsp3) is 0.500. The third-order valence-electron chi connectivity index (χ3n) is 2.47. The summed E-state index contributed by atoms with van der Waals surface area (Å²) < 4.78 is 29.6. The Hall–Kier alpha value is -1.04. The van der Waals surface area contributed by atoms with Gasteiger partial charge in [0.05, 0.1) is 19.3 Å². The van der Waals surface area contributed by atoms with Crippen LogP contribution in [0.1, 0.15) is 23.6 Å². The molecule has 1 aromatic carbocycles. The van der Waals surface area contributed by atoms with Gasteiger partial charge in [0.25, 0.3) is 6.43 Å². The summed E-state index contributed by atoms with van der Waals surface area (Å²) in [6.07, 6.45) is -2.46. The van der Waals surface area contributed by atoms with Gasteiger partial charge in [0.2, 0.25) is 0 Å². The average Bonchev–Trinajstić information content (AvgIpc) is 2.35. The molecule has 2 N–H and O–H groups in total. The molecule has 1 aromatic rings. The third kappa shape index (κ3) is 4.38. The van der Waals surface area contributed by atoms with Crippen molar-refractivity contribution in [3.63, 3.8) is 0 Å². The molecular weight excluding hydrogens is 228 g/mol. The van der Waals surface area contributed by atoms with Crippen molar-refractivity contribution in [3.05, 3.63) is 35.4 Å². The van der Waals surface area contributed by atoms with Crippen LogP contribution in [0.2, 0.25) is 0 Å². The number of nitrogens with one attached hydrogen (secondary N) is 1. The molecule has 0 saturated heterocycles. The first-order valence-electron chi connectivity index (χ1n) is 5.40. The first kappa shape index (κ1) is 14.0. The van der Waals surface area contributed by atoms with Gasteiger partial charge in [0.1, 0.15) is 0 Å². The smallest absolute Gasteiger partial charge is 0.263 e. The van der Waals surface area contributed by atoms with Gasteiger partial charge in [-0.2, -0.15) is 0 Å². The van der Waals surface area contributed by atoms with Gasteiger partial charge < -0.3 is 15.2 Å². The standard InChI is InChI=1S/C12H17F2NO2/c1-17-7-6-15-11(8-16)9-2-4-10(5-3-9)12(13)14/h2-5,11-12,15-16H,6-8H2,1H3. The van der Waals surface area contributed by atoms with E-state index >= 15 is 0 Å². The number of benzene rings is 1. The van der Waals surface area contributed by atoms with Crippen LogP contribution in [-0.2, 0) is 4.74 Å². The van der Waals surface area contributed by atoms with Gasteiger partial charge in [-0.25, -0.2) is 8.78 Å². The molecule has 0 aliphatic rings. The third-order valence-corrected chi connectivity index (χ3v) is 2.47. The van der Waals surface area contributed by atoms with Crippen LogP contribution in [0.5, 0.6) is 0 Å². The fourth-order valence-corrected chi connectivity index (χ4v) is 1.50. The van der Waals surface area contributed by atoms with Crippen LogP contribution >= 0.6 is 0 Å². The summed E-state index contributed by atoms with van der Waals surface area (Å²) in [6.45, 7) is 1.04. The second-order valence-electron chi connectivity index (χ2n) is 3.65. The van der Waals surface area contributed by atoms with E-state index in [1.165, 1.54) is 12.1 Å². The first-order valence-corrected chi connectivity index (χ1v) is 5.40. The van der Waals surface area contributed by atoms with Crippen LogP contribution in [-0.4, -0.2) is 32.0 Å². The lowest BCUT2D eigenvalue weighted by Crippen LogP contribution is -2.27.